The molecule has 2 aromatic carbocycles. The summed E-state index contributed by atoms with van der Waals surface area (Å²) < 4.78 is 18.3. The van der Waals surface area contributed by atoms with Crippen molar-refractivity contribution in [1.82, 2.24) is 20.7 Å². The normalized spacial score (nSPS) is 22.6. The van der Waals surface area contributed by atoms with Crippen molar-refractivity contribution in [3.05, 3.63) is 65.5 Å². The molecule has 2 saturated heterocycles. The molecule has 0 spiro atoms. The van der Waals surface area contributed by atoms with Crippen LogP contribution in [0.1, 0.15) is 23.6 Å². The first-order valence-electron chi connectivity index (χ1n) is 10.0. The Hall–Kier alpha value is -2.48. The fraction of sp³-hybridized carbons (Fsp3) is 0.409. The van der Waals surface area contributed by atoms with Gasteiger partial charge in [0, 0.05) is 38.8 Å². The third kappa shape index (κ3) is 4.75. The molecule has 154 valence electrons. The summed E-state index contributed by atoms with van der Waals surface area (Å²) in [6, 6.07) is 14.4. The Labute approximate surface area is 170 Å². The highest BCUT2D eigenvalue weighted by atomic mass is 19.1. The lowest BCUT2D eigenvalue weighted by atomic mass is 10.0. The van der Waals surface area contributed by atoms with Crippen LogP contribution in [0.25, 0.3) is 0 Å². The number of hydrogen-bond donors (Lipinski definition) is 2. The number of hydrazine groups is 1. The molecule has 2 aromatic rings. The van der Waals surface area contributed by atoms with Crippen LogP contribution in [0.2, 0.25) is 0 Å². The van der Waals surface area contributed by atoms with Gasteiger partial charge in [-0.15, -0.1) is 0 Å². The van der Waals surface area contributed by atoms with Crippen LogP contribution in [0.4, 0.5) is 4.39 Å². The lowest BCUT2D eigenvalue weighted by Gasteiger charge is -2.35. The number of benzene rings is 2. The van der Waals surface area contributed by atoms with Gasteiger partial charge in [-0.2, -0.15) is 0 Å². The van der Waals surface area contributed by atoms with E-state index >= 15 is 0 Å². The number of hydrogen-bond acceptors (Lipinski definition) is 5. The van der Waals surface area contributed by atoms with Gasteiger partial charge in [0.05, 0.1) is 7.11 Å². The van der Waals surface area contributed by atoms with Crippen molar-refractivity contribution in [2.45, 2.75) is 25.0 Å². The molecule has 6 nitrogen and oxygen atoms in total. The second-order valence-corrected chi connectivity index (χ2v) is 7.63. The van der Waals surface area contributed by atoms with Crippen molar-refractivity contribution in [2.24, 2.45) is 0 Å². The molecule has 0 bridgehead atoms. The maximum Gasteiger partial charge on any atom is 0.241 e. The number of amides is 1. The lowest BCUT2D eigenvalue weighted by Crippen LogP contribution is -2.53. The van der Waals surface area contributed by atoms with E-state index < -0.39 is 0 Å². The van der Waals surface area contributed by atoms with Crippen LogP contribution >= 0.6 is 0 Å². The molecule has 1 amide bonds. The quantitative estimate of drug-likeness (QED) is 0.808. The van der Waals surface area contributed by atoms with Crippen LogP contribution in [0.15, 0.2) is 48.5 Å². The fourth-order valence-electron chi connectivity index (χ4n) is 3.99. The van der Waals surface area contributed by atoms with Crippen molar-refractivity contribution in [3.8, 4) is 5.75 Å². The van der Waals surface area contributed by atoms with Crippen LogP contribution in [0.5, 0.6) is 5.75 Å². The van der Waals surface area contributed by atoms with E-state index in [1.54, 1.807) is 7.11 Å². The first-order chi connectivity index (χ1) is 14.1. The van der Waals surface area contributed by atoms with Gasteiger partial charge in [0.25, 0.3) is 0 Å². The van der Waals surface area contributed by atoms with Gasteiger partial charge in [-0.25, -0.2) is 15.2 Å². The molecule has 2 atom stereocenters. The summed E-state index contributed by atoms with van der Waals surface area (Å²) >= 11 is 0. The average Bonchev–Trinajstić information content (AvgIpc) is 3.26. The van der Waals surface area contributed by atoms with E-state index in [1.165, 1.54) is 12.1 Å². The van der Waals surface area contributed by atoms with Crippen LogP contribution in [-0.4, -0.2) is 55.0 Å². The monoisotopic (exact) mass is 398 g/mol. The van der Waals surface area contributed by atoms with Crippen LogP contribution in [0, 0.1) is 5.82 Å². The second-order valence-electron chi connectivity index (χ2n) is 7.63. The number of piperazine rings is 1. The van der Waals surface area contributed by atoms with Gasteiger partial charge >= 0.3 is 0 Å². The van der Waals surface area contributed by atoms with Crippen LogP contribution in [-0.2, 0) is 11.3 Å². The zero-order valence-corrected chi connectivity index (χ0v) is 16.6. The zero-order valence-electron chi connectivity index (χ0n) is 16.6. The highest BCUT2D eigenvalue weighted by Gasteiger charge is 2.34. The third-order valence-electron chi connectivity index (χ3n) is 5.70. The molecule has 2 N–H and O–H groups in total. The first-order valence-corrected chi connectivity index (χ1v) is 10.0. The zero-order chi connectivity index (χ0) is 20.2. The molecule has 0 aliphatic carbocycles. The topological polar surface area (TPSA) is 56.8 Å². The van der Waals surface area contributed by atoms with Gasteiger partial charge in [0.15, 0.2) is 0 Å². The number of carbonyl (C=O) groups is 1. The molecule has 0 radical (unpaired) electrons. The van der Waals surface area contributed by atoms with Crippen LogP contribution in [0.3, 0.4) is 0 Å². The number of rotatable bonds is 5. The van der Waals surface area contributed by atoms with Crippen molar-refractivity contribution in [3.63, 3.8) is 0 Å². The fourth-order valence-corrected chi connectivity index (χ4v) is 3.99. The highest BCUT2D eigenvalue weighted by molar-refractivity contribution is 5.82. The summed E-state index contributed by atoms with van der Waals surface area (Å²) in [6.45, 7) is 3.85. The average molecular weight is 398 g/mol. The van der Waals surface area contributed by atoms with Crippen molar-refractivity contribution in [1.29, 1.82) is 0 Å². The summed E-state index contributed by atoms with van der Waals surface area (Å²) in [6.07, 6.45) is 0.710. The van der Waals surface area contributed by atoms with E-state index in [1.807, 2.05) is 41.3 Å². The standard InChI is InChI=1S/C22H27FN4O2/c1-29-19-4-2-3-17(13-19)20-14-21(25-24-20)22(28)27-11-9-26(10-12-27)15-16-5-7-18(23)8-6-16/h2-8,13,20-21,24-25H,9-12,14-15H2,1H3. The van der Waals surface area contributed by atoms with Crippen LogP contribution < -0.4 is 15.6 Å². The molecule has 2 heterocycles. The molecule has 0 saturated carbocycles. The number of ether oxygens (including phenoxy) is 1. The lowest BCUT2D eigenvalue weighted by molar-refractivity contribution is -0.135. The van der Waals surface area contributed by atoms with Gasteiger partial charge in [-0.05, 0) is 41.8 Å². The minimum absolute atomic E-state index is 0.0822. The number of nitrogens with one attached hydrogen (secondary N) is 2. The molecule has 0 aromatic heterocycles. The smallest absolute Gasteiger partial charge is 0.241 e. The van der Waals surface area contributed by atoms with E-state index in [-0.39, 0.29) is 23.8 Å². The van der Waals surface area contributed by atoms with E-state index in [0.717, 1.165) is 36.5 Å². The Kier molecular flexibility index (Phi) is 6.08. The molecule has 2 unspecified atom stereocenters. The third-order valence-corrected chi connectivity index (χ3v) is 5.70. The Balaban J connectivity index is 1.28. The molecular weight excluding hydrogens is 371 g/mol. The Morgan fingerprint density at radius 3 is 2.59 bits per heavy atom. The summed E-state index contributed by atoms with van der Waals surface area (Å²) in [5, 5.41) is 0. The van der Waals surface area contributed by atoms with Crippen molar-refractivity contribution >= 4 is 5.91 Å². The molecule has 4 rings (SSSR count). The number of halogens is 1. The molecule has 7 heteroatoms. The minimum Gasteiger partial charge on any atom is -0.497 e. The Morgan fingerprint density at radius 1 is 1.10 bits per heavy atom. The first kappa shape index (κ1) is 19.8. The largest absolute Gasteiger partial charge is 0.497 e. The Bertz CT molecular complexity index is 837. The summed E-state index contributed by atoms with van der Waals surface area (Å²) in [5.74, 6) is 0.745. The number of methoxy groups -OCH3 is 1. The maximum atomic E-state index is 13.1. The number of carbonyl (C=O) groups excluding carboxylic acids is 1. The Morgan fingerprint density at radius 2 is 1.86 bits per heavy atom. The van der Waals surface area contributed by atoms with E-state index in [9.17, 15) is 9.18 Å². The van der Waals surface area contributed by atoms with Gasteiger partial charge in [0.1, 0.15) is 17.6 Å². The molecular formula is C22H27FN4O2. The minimum atomic E-state index is -0.227. The predicted octanol–water partition coefficient (Wildman–Crippen LogP) is 2.09. The van der Waals surface area contributed by atoms with Gasteiger partial charge in [-0.1, -0.05) is 24.3 Å². The molecule has 29 heavy (non-hydrogen) atoms. The summed E-state index contributed by atoms with van der Waals surface area (Å²) in [5.41, 5.74) is 8.61. The van der Waals surface area contributed by atoms with Crippen molar-refractivity contribution < 1.29 is 13.9 Å². The summed E-state index contributed by atoms with van der Waals surface area (Å²) in [7, 11) is 1.65. The molecule has 2 fully saturated rings. The predicted molar refractivity (Wildman–Crippen MR) is 109 cm³/mol. The van der Waals surface area contributed by atoms with Gasteiger partial charge < -0.3 is 9.64 Å². The van der Waals surface area contributed by atoms with E-state index in [4.69, 9.17) is 4.74 Å². The SMILES string of the molecule is COc1cccc(C2CC(C(=O)N3CCN(Cc4ccc(F)cc4)CC3)NN2)c1. The van der Waals surface area contributed by atoms with Crippen molar-refractivity contribution in [2.75, 3.05) is 33.3 Å². The maximum absolute atomic E-state index is 13.1. The highest BCUT2D eigenvalue weighted by Crippen LogP contribution is 2.26. The van der Waals surface area contributed by atoms with E-state index in [0.29, 0.717) is 19.5 Å². The molecule has 2 aliphatic heterocycles. The van der Waals surface area contributed by atoms with Gasteiger partial charge in [-0.3, -0.25) is 9.69 Å². The van der Waals surface area contributed by atoms with Gasteiger partial charge in [0.2, 0.25) is 5.91 Å². The second kappa shape index (κ2) is 8.90. The van der Waals surface area contributed by atoms with E-state index in [2.05, 4.69) is 15.8 Å². The molecule has 2 aliphatic rings. The summed E-state index contributed by atoms with van der Waals surface area (Å²) in [4.78, 5) is 17.2. The number of nitrogens with zero attached hydrogens (tertiary/aromatic N) is 2.